The second-order valence-corrected chi connectivity index (χ2v) is 3.00. The summed E-state index contributed by atoms with van der Waals surface area (Å²) in [6.45, 7) is 2.24. The third-order valence-corrected chi connectivity index (χ3v) is 1.58. The fourth-order valence-electron chi connectivity index (χ4n) is 0.876. The third-order valence-electron chi connectivity index (χ3n) is 1.58. The lowest BCUT2D eigenvalue weighted by molar-refractivity contribution is -0.121. The van der Waals surface area contributed by atoms with Gasteiger partial charge in [0.2, 0.25) is 5.91 Å². The van der Waals surface area contributed by atoms with Gasteiger partial charge in [-0.3, -0.25) is 4.79 Å². The number of hydrogen-bond donors (Lipinski definition) is 2. The molecule has 0 fully saturated rings. The highest BCUT2D eigenvalue weighted by atomic mass is 16.3. The molecule has 1 rings (SSSR count). The molecule has 1 atom stereocenters. The molecule has 7 heteroatoms. The second-order valence-electron chi connectivity index (χ2n) is 3.00. The molecular weight excluding hydrogens is 186 g/mol. The van der Waals surface area contributed by atoms with Gasteiger partial charge in [0, 0.05) is 6.54 Å². The molecule has 1 aromatic rings. The lowest BCUT2D eigenvalue weighted by atomic mass is 10.3. The maximum atomic E-state index is 11.2. The van der Waals surface area contributed by atoms with Gasteiger partial charge in [0.1, 0.15) is 12.9 Å². The van der Waals surface area contributed by atoms with Gasteiger partial charge in [-0.05, 0) is 23.8 Å². The summed E-state index contributed by atoms with van der Waals surface area (Å²) in [5.74, 6) is -0.169. The Bertz CT molecular complexity index is 272. The van der Waals surface area contributed by atoms with E-state index >= 15 is 0 Å². The fourth-order valence-corrected chi connectivity index (χ4v) is 0.876. The number of tetrazole rings is 1. The monoisotopic (exact) mass is 199 g/mol. The van der Waals surface area contributed by atoms with Gasteiger partial charge in [0.25, 0.3) is 0 Å². The van der Waals surface area contributed by atoms with E-state index in [0.717, 1.165) is 0 Å². The zero-order chi connectivity index (χ0) is 10.4. The van der Waals surface area contributed by atoms with Crippen LogP contribution in [0.3, 0.4) is 0 Å². The van der Waals surface area contributed by atoms with Crippen molar-refractivity contribution in [2.75, 3.05) is 6.54 Å². The highest BCUT2D eigenvalue weighted by Gasteiger charge is 2.03. The van der Waals surface area contributed by atoms with E-state index in [2.05, 4.69) is 20.8 Å². The number of hydrogen-bond acceptors (Lipinski definition) is 5. The Balaban J connectivity index is 2.17. The molecule has 0 aliphatic heterocycles. The summed E-state index contributed by atoms with van der Waals surface area (Å²) in [6, 6.07) is 0. The molecule has 0 aliphatic carbocycles. The first-order valence-electron chi connectivity index (χ1n) is 4.34. The summed E-state index contributed by atoms with van der Waals surface area (Å²) in [7, 11) is 0. The number of amides is 1. The van der Waals surface area contributed by atoms with E-state index in [1.165, 1.54) is 11.0 Å². The Kier molecular flexibility index (Phi) is 3.99. The molecular formula is C7H13N5O2. The van der Waals surface area contributed by atoms with Gasteiger partial charge in [-0.2, -0.15) is 0 Å². The minimum atomic E-state index is -0.400. The van der Waals surface area contributed by atoms with Crippen molar-refractivity contribution in [3.8, 4) is 0 Å². The van der Waals surface area contributed by atoms with Crippen molar-refractivity contribution >= 4 is 5.91 Å². The van der Waals surface area contributed by atoms with Gasteiger partial charge >= 0.3 is 0 Å². The van der Waals surface area contributed by atoms with Gasteiger partial charge in [-0.15, -0.1) is 5.10 Å². The van der Waals surface area contributed by atoms with E-state index in [-0.39, 0.29) is 12.5 Å². The third kappa shape index (κ3) is 3.94. The Morgan fingerprint density at radius 3 is 3.07 bits per heavy atom. The number of aromatic nitrogens is 4. The Morgan fingerprint density at radius 2 is 2.50 bits per heavy atom. The number of carbonyl (C=O) groups excluding carboxylic acids is 1. The number of aliphatic hydroxyl groups excluding tert-OH is 1. The first-order valence-corrected chi connectivity index (χ1v) is 4.34. The summed E-state index contributed by atoms with van der Waals surface area (Å²) < 4.78 is 1.33. The van der Waals surface area contributed by atoms with E-state index in [1.54, 1.807) is 6.92 Å². The maximum Gasteiger partial charge on any atom is 0.241 e. The number of carbonyl (C=O) groups is 1. The van der Waals surface area contributed by atoms with Gasteiger partial charge in [-0.1, -0.05) is 0 Å². The Labute approximate surface area is 81.1 Å². The number of nitrogens with one attached hydrogen (secondary N) is 1. The van der Waals surface area contributed by atoms with Crippen LogP contribution in [-0.2, 0) is 11.3 Å². The number of aliphatic hydroxyl groups is 1. The average Bonchev–Trinajstić information content (AvgIpc) is 2.56. The van der Waals surface area contributed by atoms with Crippen LogP contribution in [0.4, 0.5) is 0 Å². The molecule has 2 N–H and O–H groups in total. The molecule has 0 saturated heterocycles. The lowest BCUT2D eigenvalue weighted by Gasteiger charge is -2.05. The molecule has 1 aromatic heterocycles. The van der Waals surface area contributed by atoms with Gasteiger partial charge in [0.05, 0.1) is 6.10 Å². The molecule has 0 bridgehead atoms. The zero-order valence-corrected chi connectivity index (χ0v) is 7.92. The van der Waals surface area contributed by atoms with Crippen LogP contribution in [-0.4, -0.2) is 43.9 Å². The van der Waals surface area contributed by atoms with E-state index in [1.807, 2.05) is 0 Å². The van der Waals surface area contributed by atoms with Crippen molar-refractivity contribution in [3.05, 3.63) is 6.33 Å². The molecule has 1 unspecified atom stereocenters. The van der Waals surface area contributed by atoms with Crippen molar-refractivity contribution in [2.45, 2.75) is 26.0 Å². The van der Waals surface area contributed by atoms with Crippen molar-refractivity contribution in [3.63, 3.8) is 0 Å². The minimum absolute atomic E-state index is 0.104. The Hall–Kier alpha value is -1.50. The van der Waals surface area contributed by atoms with E-state index < -0.39 is 6.10 Å². The van der Waals surface area contributed by atoms with Crippen LogP contribution in [0, 0.1) is 0 Å². The second kappa shape index (κ2) is 5.28. The standard InChI is InChI=1S/C7H13N5O2/c1-6(13)2-3-8-7(14)4-12-5-9-10-11-12/h5-6,13H,2-4H2,1H3,(H,8,14). The highest BCUT2D eigenvalue weighted by Crippen LogP contribution is 1.86. The van der Waals surface area contributed by atoms with Crippen LogP contribution < -0.4 is 5.32 Å². The summed E-state index contributed by atoms with van der Waals surface area (Å²) >= 11 is 0. The minimum Gasteiger partial charge on any atom is -0.393 e. The highest BCUT2D eigenvalue weighted by molar-refractivity contribution is 5.75. The van der Waals surface area contributed by atoms with Crippen molar-refractivity contribution in [2.24, 2.45) is 0 Å². The molecule has 0 aliphatic rings. The molecule has 78 valence electrons. The molecule has 14 heavy (non-hydrogen) atoms. The summed E-state index contributed by atoms with van der Waals surface area (Å²) in [4.78, 5) is 11.2. The predicted molar refractivity (Wildman–Crippen MR) is 47.1 cm³/mol. The van der Waals surface area contributed by atoms with Crippen molar-refractivity contribution < 1.29 is 9.90 Å². The smallest absolute Gasteiger partial charge is 0.241 e. The Morgan fingerprint density at radius 1 is 1.71 bits per heavy atom. The normalized spacial score (nSPS) is 12.4. The molecule has 1 heterocycles. The molecule has 0 aromatic carbocycles. The number of nitrogens with zero attached hydrogens (tertiary/aromatic N) is 4. The van der Waals surface area contributed by atoms with Gasteiger partial charge in [0.15, 0.2) is 0 Å². The molecule has 0 radical (unpaired) electrons. The van der Waals surface area contributed by atoms with Crippen LogP contribution >= 0.6 is 0 Å². The van der Waals surface area contributed by atoms with E-state index in [9.17, 15) is 4.79 Å². The SMILES string of the molecule is CC(O)CCNC(=O)Cn1cnnn1. The summed E-state index contributed by atoms with van der Waals surface area (Å²) in [6.07, 6.45) is 1.51. The van der Waals surface area contributed by atoms with E-state index in [4.69, 9.17) is 5.11 Å². The first kappa shape index (κ1) is 10.6. The number of rotatable bonds is 5. The molecule has 7 nitrogen and oxygen atoms in total. The van der Waals surface area contributed by atoms with Crippen LogP contribution in [0.2, 0.25) is 0 Å². The molecule has 1 amide bonds. The topological polar surface area (TPSA) is 92.9 Å². The quantitative estimate of drug-likeness (QED) is 0.605. The van der Waals surface area contributed by atoms with Crippen LogP contribution in [0.1, 0.15) is 13.3 Å². The van der Waals surface area contributed by atoms with Crippen LogP contribution in [0.15, 0.2) is 6.33 Å². The van der Waals surface area contributed by atoms with Crippen LogP contribution in [0.25, 0.3) is 0 Å². The zero-order valence-electron chi connectivity index (χ0n) is 7.92. The van der Waals surface area contributed by atoms with E-state index in [0.29, 0.717) is 13.0 Å². The van der Waals surface area contributed by atoms with Gasteiger partial charge in [-0.25, -0.2) is 4.68 Å². The van der Waals surface area contributed by atoms with Gasteiger partial charge < -0.3 is 10.4 Å². The first-order chi connectivity index (χ1) is 6.68. The largest absolute Gasteiger partial charge is 0.393 e. The summed E-state index contributed by atoms with van der Waals surface area (Å²) in [5, 5.41) is 21.9. The van der Waals surface area contributed by atoms with Crippen molar-refractivity contribution in [1.29, 1.82) is 0 Å². The predicted octanol–water partition coefficient (Wildman–Crippen LogP) is -1.44. The van der Waals surface area contributed by atoms with Crippen LogP contribution in [0.5, 0.6) is 0 Å². The average molecular weight is 199 g/mol. The fraction of sp³-hybridized carbons (Fsp3) is 0.714. The molecule has 0 spiro atoms. The maximum absolute atomic E-state index is 11.2. The summed E-state index contributed by atoms with van der Waals surface area (Å²) in [5.41, 5.74) is 0. The lowest BCUT2D eigenvalue weighted by Crippen LogP contribution is -2.30. The molecule has 0 saturated carbocycles. The van der Waals surface area contributed by atoms with Crippen molar-refractivity contribution in [1.82, 2.24) is 25.5 Å².